The summed E-state index contributed by atoms with van der Waals surface area (Å²) < 4.78 is 0. The molecular formula is C20H25N2OS+. The summed E-state index contributed by atoms with van der Waals surface area (Å²) in [5.74, 6) is -0.0201. The minimum atomic E-state index is -0.0201. The van der Waals surface area contributed by atoms with E-state index in [2.05, 4.69) is 29.6 Å². The molecule has 2 aromatic carbocycles. The van der Waals surface area contributed by atoms with E-state index in [0.717, 1.165) is 12.1 Å². The van der Waals surface area contributed by atoms with Crippen LogP contribution in [0.2, 0.25) is 0 Å². The molecule has 2 N–H and O–H groups in total. The van der Waals surface area contributed by atoms with Crippen molar-refractivity contribution in [1.29, 1.82) is 0 Å². The van der Waals surface area contributed by atoms with E-state index in [-0.39, 0.29) is 5.91 Å². The Kier molecular flexibility index (Phi) is 5.94. The van der Waals surface area contributed by atoms with Crippen molar-refractivity contribution in [3.05, 3.63) is 65.2 Å². The van der Waals surface area contributed by atoms with Gasteiger partial charge in [-0.3, -0.25) is 4.79 Å². The highest BCUT2D eigenvalue weighted by molar-refractivity contribution is 7.98. The highest BCUT2D eigenvalue weighted by Gasteiger charge is 2.15. The molecule has 0 radical (unpaired) electrons. The number of likely N-dealkylation sites (tertiary alicyclic amines) is 1. The van der Waals surface area contributed by atoms with Gasteiger partial charge in [0.1, 0.15) is 6.54 Å². The number of carbonyl (C=O) groups is 1. The summed E-state index contributed by atoms with van der Waals surface area (Å²) in [4.78, 5) is 15.0. The fourth-order valence-electron chi connectivity index (χ4n) is 3.14. The number of amides is 1. The Morgan fingerprint density at radius 3 is 2.25 bits per heavy atom. The molecule has 1 aliphatic heterocycles. The van der Waals surface area contributed by atoms with Crippen molar-refractivity contribution < 1.29 is 9.69 Å². The summed E-state index contributed by atoms with van der Waals surface area (Å²) in [5.41, 5.74) is 3.24. The molecule has 2 aromatic rings. The molecular weight excluding hydrogens is 316 g/mol. The summed E-state index contributed by atoms with van der Waals surface area (Å²) in [6.07, 6.45) is 4.75. The average molecular weight is 342 g/mol. The number of thioether (sulfide) groups is 1. The molecule has 24 heavy (non-hydrogen) atoms. The molecule has 126 valence electrons. The molecule has 3 rings (SSSR count). The summed E-state index contributed by atoms with van der Waals surface area (Å²) in [5, 5.41) is 2.99. The first-order chi connectivity index (χ1) is 11.7. The first-order valence-corrected chi connectivity index (χ1v) is 9.81. The van der Waals surface area contributed by atoms with Gasteiger partial charge in [-0.2, -0.15) is 0 Å². The summed E-state index contributed by atoms with van der Waals surface area (Å²) >= 11 is 1.68. The van der Waals surface area contributed by atoms with Gasteiger partial charge >= 0.3 is 0 Å². The van der Waals surface area contributed by atoms with Gasteiger partial charge in [-0.15, -0.1) is 11.8 Å². The zero-order valence-corrected chi connectivity index (χ0v) is 15.0. The largest absolute Gasteiger partial charge is 0.348 e. The van der Waals surface area contributed by atoms with Crippen LogP contribution in [0.3, 0.4) is 0 Å². The Balaban J connectivity index is 1.50. The van der Waals surface area contributed by atoms with Gasteiger partial charge in [-0.1, -0.05) is 24.3 Å². The highest BCUT2D eigenvalue weighted by atomic mass is 32.2. The molecule has 0 unspecified atom stereocenters. The van der Waals surface area contributed by atoms with Crippen LogP contribution in [-0.2, 0) is 13.1 Å². The molecule has 0 atom stereocenters. The minimum absolute atomic E-state index is 0.0201. The van der Waals surface area contributed by atoms with Crippen molar-refractivity contribution in [2.75, 3.05) is 19.3 Å². The third-order valence-electron chi connectivity index (χ3n) is 4.59. The fraction of sp³-hybridized carbons (Fsp3) is 0.350. The maximum Gasteiger partial charge on any atom is 0.251 e. The quantitative estimate of drug-likeness (QED) is 0.792. The van der Waals surface area contributed by atoms with Gasteiger partial charge in [0.2, 0.25) is 0 Å². The van der Waals surface area contributed by atoms with Crippen LogP contribution in [0, 0.1) is 0 Å². The molecule has 4 heteroatoms. The van der Waals surface area contributed by atoms with E-state index < -0.39 is 0 Å². The zero-order valence-electron chi connectivity index (χ0n) is 14.2. The summed E-state index contributed by atoms with van der Waals surface area (Å²) in [6, 6.07) is 16.4. The summed E-state index contributed by atoms with van der Waals surface area (Å²) in [7, 11) is 0. The lowest BCUT2D eigenvalue weighted by Crippen LogP contribution is -3.08. The molecule has 3 nitrogen and oxygen atoms in total. The Bertz CT molecular complexity index is 661. The number of carbonyl (C=O) groups excluding carboxylic acids is 1. The van der Waals surface area contributed by atoms with Crippen LogP contribution in [-0.4, -0.2) is 25.3 Å². The van der Waals surface area contributed by atoms with E-state index >= 15 is 0 Å². The second-order valence-corrected chi connectivity index (χ2v) is 7.24. The van der Waals surface area contributed by atoms with Crippen LogP contribution in [0.4, 0.5) is 0 Å². The average Bonchev–Trinajstić information content (AvgIpc) is 3.14. The van der Waals surface area contributed by atoms with E-state index in [1.165, 1.54) is 36.4 Å². The van der Waals surface area contributed by atoms with E-state index in [1.54, 1.807) is 16.7 Å². The molecule has 0 aliphatic carbocycles. The number of hydrogen-bond donors (Lipinski definition) is 2. The van der Waals surface area contributed by atoms with Crippen LogP contribution in [0.15, 0.2) is 53.4 Å². The van der Waals surface area contributed by atoms with Crippen molar-refractivity contribution in [3.63, 3.8) is 0 Å². The number of quaternary nitrogens is 1. The lowest BCUT2D eigenvalue weighted by Gasteiger charge is -2.12. The molecule has 0 spiro atoms. The number of hydrogen-bond acceptors (Lipinski definition) is 2. The standard InChI is InChI=1S/C20H24N2OS/c1-24-19-10-8-18(9-11-19)20(23)21-14-16-4-6-17(7-5-16)15-22-12-2-3-13-22/h4-11H,2-3,12-15H2,1H3,(H,21,23)/p+1. The molecule has 1 aliphatic rings. The first-order valence-electron chi connectivity index (χ1n) is 8.58. The van der Waals surface area contributed by atoms with E-state index in [9.17, 15) is 4.79 Å². The number of nitrogens with one attached hydrogen (secondary N) is 2. The topological polar surface area (TPSA) is 33.5 Å². The minimum Gasteiger partial charge on any atom is -0.348 e. The Morgan fingerprint density at radius 2 is 1.62 bits per heavy atom. The van der Waals surface area contributed by atoms with Crippen molar-refractivity contribution in [2.24, 2.45) is 0 Å². The summed E-state index contributed by atoms with van der Waals surface area (Å²) in [6.45, 7) is 4.29. The second-order valence-electron chi connectivity index (χ2n) is 6.36. The molecule has 0 bridgehead atoms. The van der Waals surface area contributed by atoms with Crippen LogP contribution >= 0.6 is 11.8 Å². The van der Waals surface area contributed by atoms with Gasteiger partial charge in [0.25, 0.3) is 5.91 Å². The second kappa shape index (κ2) is 8.36. The third-order valence-corrected chi connectivity index (χ3v) is 5.34. The monoisotopic (exact) mass is 341 g/mol. The molecule has 1 fully saturated rings. The highest BCUT2D eigenvalue weighted by Crippen LogP contribution is 2.14. The molecule has 1 saturated heterocycles. The van der Waals surface area contributed by atoms with Gasteiger partial charge in [0.15, 0.2) is 0 Å². The van der Waals surface area contributed by atoms with Gasteiger partial charge in [-0.05, 0) is 36.1 Å². The smallest absolute Gasteiger partial charge is 0.251 e. The SMILES string of the molecule is CSc1ccc(C(=O)NCc2ccc(C[NH+]3CCCC3)cc2)cc1. The predicted octanol–water partition coefficient (Wildman–Crippen LogP) is 2.52. The maximum absolute atomic E-state index is 12.2. The van der Waals surface area contributed by atoms with Crippen LogP contribution in [0.1, 0.15) is 34.3 Å². The Labute approximate surface area is 148 Å². The van der Waals surface area contributed by atoms with Gasteiger partial charge in [0, 0.05) is 35.4 Å². The maximum atomic E-state index is 12.2. The van der Waals surface area contributed by atoms with Crippen LogP contribution < -0.4 is 10.2 Å². The third kappa shape index (κ3) is 4.62. The number of benzene rings is 2. The van der Waals surface area contributed by atoms with Gasteiger partial charge in [-0.25, -0.2) is 0 Å². The van der Waals surface area contributed by atoms with E-state index in [0.29, 0.717) is 12.1 Å². The Morgan fingerprint density at radius 1 is 1.00 bits per heavy atom. The van der Waals surface area contributed by atoms with Crippen molar-refractivity contribution in [2.45, 2.75) is 30.8 Å². The molecule has 1 amide bonds. The lowest BCUT2D eigenvalue weighted by molar-refractivity contribution is -0.901. The Hall–Kier alpha value is -1.78. The van der Waals surface area contributed by atoms with Crippen LogP contribution in [0.5, 0.6) is 0 Å². The zero-order chi connectivity index (χ0) is 16.8. The van der Waals surface area contributed by atoms with Crippen molar-refractivity contribution in [3.8, 4) is 0 Å². The first kappa shape index (κ1) is 17.1. The fourth-order valence-corrected chi connectivity index (χ4v) is 3.55. The van der Waals surface area contributed by atoms with Gasteiger partial charge in [0.05, 0.1) is 13.1 Å². The van der Waals surface area contributed by atoms with Gasteiger partial charge < -0.3 is 10.2 Å². The number of rotatable bonds is 6. The van der Waals surface area contributed by atoms with E-state index in [1.807, 2.05) is 30.5 Å². The van der Waals surface area contributed by atoms with Crippen LogP contribution in [0.25, 0.3) is 0 Å². The molecule has 0 aromatic heterocycles. The lowest BCUT2D eigenvalue weighted by atomic mass is 10.1. The normalized spacial score (nSPS) is 14.7. The van der Waals surface area contributed by atoms with E-state index in [4.69, 9.17) is 0 Å². The molecule has 0 saturated carbocycles. The molecule has 1 heterocycles. The van der Waals surface area contributed by atoms with Crippen molar-refractivity contribution >= 4 is 17.7 Å². The predicted molar refractivity (Wildman–Crippen MR) is 99.5 cm³/mol. The van der Waals surface area contributed by atoms with Crippen molar-refractivity contribution in [1.82, 2.24) is 5.32 Å².